The van der Waals surface area contributed by atoms with Gasteiger partial charge in [0.25, 0.3) is 0 Å². The maximum absolute atomic E-state index is 12.7. The zero-order valence-electron chi connectivity index (χ0n) is 17.9. The van der Waals surface area contributed by atoms with Crippen molar-refractivity contribution in [3.8, 4) is 28.1 Å². The third-order valence-corrected chi connectivity index (χ3v) is 6.50. The van der Waals surface area contributed by atoms with Crippen LogP contribution in [-0.4, -0.2) is 22.2 Å². The molecule has 2 aromatic carbocycles. The number of carboxylic acid groups (broad SMARTS) is 1. The first kappa shape index (κ1) is 19.6. The molecule has 0 saturated carbocycles. The molecule has 2 aliphatic heterocycles. The number of carboxylic acids is 1. The van der Waals surface area contributed by atoms with Gasteiger partial charge in [0.2, 0.25) is 0 Å². The first-order chi connectivity index (χ1) is 14.8. The number of hydrogen-bond donors (Lipinski definition) is 1. The minimum atomic E-state index is -1.19. The summed E-state index contributed by atoms with van der Waals surface area (Å²) < 4.78 is 8.09. The van der Waals surface area contributed by atoms with Gasteiger partial charge in [-0.2, -0.15) is 0 Å². The summed E-state index contributed by atoms with van der Waals surface area (Å²) >= 11 is 0. The van der Waals surface area contributed by atoms with Crippen molar-refractivity contribution in [2.75, 3.05) is 6.61 Å². The van der Waals surface area contributed by atoms with E-state index in [2.05, 4.69) is 39.0 Å². The fraction of sp³-hybridized carbons (Fsp3) is 0.308. The molecule has 1 N–H and O–H groups in total. The number of hydrogen-bond acceptors (Lipinski definition) is 3. The van der Waals surface area contributed by atoms with Crippen LogP contribution in [0.15, 0.2) is 53.5 Å². The quantitative estimate of drug-likeness (QED) is 0.642. The van der Waals surface area contributed by atoms with Crippen molar-refractivity contribution < 1.29 is 14.6 Å². The van der Waals surface area contributed by atoms with Crippen LogP contribution in [0, 0.1) is 5.41 Å². The topological polar surface area (TPSA) is 68.5 Å². The highest BCUT2D eigenvalue weighted by Crippen LogP contribution is 2.49. The highest BCUT2D eigenvalue weighted by Gasteiger charge is 2.36. The molecule has 0 aliphatic carbocycles. The predicted octanol–water partition coefficient (Wildman–Crippen LogP) is 4.96. The van der Waals surface area contributed by atoms with E-state index < -0.39 is 11.4 Å². The average molecular weight is 415 g/mol. The monoisotopic (exact) mass is 415 g/mol. The minimum Gasteiger partial charge on any atom is -0.492 e. The van der Waals surface area contributed by atoms with Gasteiger partial charge in [0.15, 0.2) is 5.43 Å². The summed E-state index contributed by atoms with van der Waals surface area (Å²) in [6.45, 7) is 7.11. The normalized spacial score (nSPS) is 16.8. The van der Waals surface area contributed by atoms with Gasteiger partial charge in [-0.15, -0.1) is 0 Å². The van der Waals surface area contributed by atoms with Crippen LogP contribution in [0.3, 0.4) is 0 Å². The van der Waals surface area contributed by atoms with Crippen molar-refractivity contribution in [3.63, 3.8) is 0 Å². The van der Waals surface area contributed by atoms with Gasteiger partial charge in [-0.25, -0.2) is 4.79 Å². The molecule has 0 unspecified atom stereocenters. The summed E-state index contributed by atoms with van der Waals surface area (Å²) in [5.74, 6) is -0.248. The van der Waals surface area contributed by atoms with Crippen LogP contribution < -0.4 is 10.2 Å². The Morgan fingerprint density at radius 3 is 2.52 bits per heavy atom. The van der Waals surface area contributed by atoms with Gasteiger partial charge in [-0.1, -0.05) is 51.1 Å². The Hall–Kier alpha value is -3.34. The molecule has 0 fully saturated rings. The highest BCUT2D eigenvalue weighted by atomic mass is 16.5. The molecule has 3 heterocycles. The van der Waals surface area contributed by atoms with Gasteiger partial charge in [0.05, 0.1) is 12.3 Å². The van der Waals surface area contributed by atoms with E-state index in [0.717, 1.165) is 41.0 Å². The maximum atomic E-state index is 12.7. The Kier molecular flexibility index (Phi) is 4.33. The second kappa shape index (κ2) is 6.84. The lowest BCUT2D eigenvalue weighted by molar-refractivity contribution is 0.0693. The molecule has 3 aromatic rings. The third-order valence-electron chi connectivity index (χ3n) is 6.50. The number of pyridine rings is 1. The van der Waals surface area contributed by atoms with Crippen LogP contribution in [-0.2, 0) is 12.8 Å². The summed E-state index contributed by atoms with van der Waals surface area (Å²) in [5.41, 5.74) is 5.52. The van der Waals surface area contributed by atoms with Gasteiger partial charge >= 0.3 is 5.97 Å². The number of rotatable bonds is 2. The first-order valence-corrected chi connectivity index (χ1v) is 10.6. The largest absolute Gasteiger partial charge is 0.492 e. The summed E-state index contributed by atoms with van der Waals surface area (Å²) in [6.07, 6.45) is 3.14. The molecule has 31 heavy (non-hydrogen) atoms. The number of aromatic nitrogens is 1. The lowest BCUT2D eigenvalue weighted by Crippen LogP contribution is -2.33. The first-order valence-electron chi connectivity index (χ1n) is 10.6. The molecule has 158 valence electrons. The maximum Gasteiger partial charge on any atom is 0.341 e. The Morgan fingerprint density at radius 2 is 1.84 bits per heavy atom. The van der Waals surface area contributed by atoms with Crippen LogP contribution in [0.25, 0.3) is 22.4 Å². The van der Waals surface area contributed by atoms with Crippen LogP contribution in [0.1, 0.15) is 48.3 Å². The average Bonchev–Trinajstić information content (AvgIpc) is 3.22. The SMILES string of the molecule is CC(C)(C)[C@@H]1Cc2c(cc(-c3ccccc3)c3c2CCO3)-c2cc(=O)c(C(=O)O)cn21. The lowest BCUT2D eigenvalue weighted by Gasteiger charge is -2.39. The number of nitrogens with zero attached hydrogens (tertiary/aromatic N) is 1. The second-order valence-corrected chi connectivity index (χ2v) is 9.46. The molecule has 0 spiro atoms. The minimum absolute atomic E-state index is 0.0287. The van der Waals surface area contributed by atoms with Crippen molar-refractivity contribution in [2.24, 2.45) is 5.41 Å². The summed E-state index contributed by atoms with van der Waals surface area (Å²) in [4.78, 5) is 24.3. The summed E-state index contributed by atoms with van der Waals surface area (Å²) in [6, 6.07) is 13.7. The smallest absolute Gasteiger partial charge is 0.341 e. The van der Waals surface area contributed by atoms with E-state index in [9.17, 15) is 14.7 Å². The molecule has 1 atom stereocenters. The number of carbonyl (C=O) groups is 1. The van der Waals surface area contributed by atoms with Crippen LogP contribution in [0.5, 0.6) is 5.75 Å². The van der Waals surface area contributed by atoms with Crippen molar-refractivity contribution >= 4 is 5.97 Å². The molecular weight excluding hydrogens is 390 g/mol. The van der Waals surface area contributed by atoms with E-state index in [1.807, 2.05) is 22.8 Å². The van der Waals surface area contributed by atoms with Crippen molar-refractivity contribution in [2.45, 2.75) is 39.7 Å². The Labute approximate surface area is 180 Å². The second-order valence-electron chi connectivity index (χ2n) is 9.46. The van der Waals surface area contributed by atoms with E-state index in [0.29, 0.717) is 6.61 Å². The van der Waals surface area contributed by atoms with E-state index in [1.54, 1.807) is 0 Å². The van der Waals surface area contributed by atoms with Gasteiger partial charge in [0.1, 0.15) is 11.3 Å². The van der Waals surface area contributed by atoms with Gasteiger partial charge < -0.3 is 14.4 Å². The molecule has 5 heteroatoms. The lowest BCUT2D eigenvalue weighted by atomic mass is 9.76. The fourth-order valence-corrected chi connectivity index (χ4v) is 4.94. The van der Waals surface area contributed by atoms with Gasteiger partial charge in [-0.3, -0.25) is 4.79 Å². The van der Waals surface area contributed by atoms with Crippen molar-refractivity contribution in [1.82, 2.24) is 4.57 Å². The molecule has 1 aromatic heterocycles. The molecular formula is C26H25NO4. The molecule has 0 radical (unpaired) electrons. The summed E-state index contributed by atoms with van der Waals surface area (Å²) in [7, 11) is 0. The zero-order chi connectivity index (χ0) is 21.9. The fourth-order valence-electron chi connectivity index (χ4n) is 4.94. The molecule has 2 aliphatic rings. The molecule has 0 saturated heterocycles. The molecule has 0 bridgehead atoms. The Morgan fingerprint density at radius 1 is 1.10 bits per heavy atom. The Bertz CT molecular complexity index is 1270. The molecule has 5 rings (SSSR count). The number of benzene rings is 2. The van der Waals surface area contributed by atoms with Crippen LogP contribution in [0.2, 0.25) is 0 Å². The van der Waals surface area contributed by atoms with Crippen LogP contribution in [0.4, 0.5) is 0 Å². The number of aromatic carboxylic acids is 1. The van der Waals surface area contributed by atoms with E-state index in [4.69, 9.17) is 4.74 Å². The van der Waals surface area contributed by atoms with Gasteiger partial charge in [0, 0.05) is 41.4 Å². The van der Waals surface area contributed by atoms with E-state index >= 15 is 0 Å². The van der Waals surface area contributed by atoms with Crippen molar-refractivity contribution in [1.29, 1.82) is 0 Å². The van der Waals surface area contributed by atoms with E-state index in [1.165, 1.54) is 23.4 Å². The predicted molar refractivity (Wildman–Crippen MR) is 120 cm³/mol. The molecule has 0 amide bonds. The zero-order valence-corrected chi connectivity index (χ0v) is 17.9. The van der Waals surface area contributed by atoms with E-state index in [-0.39, 0.29) is 17.0 Å². The van der Waals surface area contributed by atoms with Crippen molar-refractivity contribution in [3.05, 3.63) is 75.6 Å². The standard InChI is InChI=1S/C26H25NO4/c1-26(2,3)23-12-18-16-9-10-31-24(16)17(15-7-5-4-6-8-15)11-19(18)21-13-22(28)20(25(29)30)14-27(21)23/h4-8,11,13-14,23H,9-10,12H2,1-3H3,(H,29,30)/t23-/m0/s1. The summed E-state index contributed by atoms with van der Waals surface area (Å²) in [5, 5.41) is 9.54. The Balaban J connectivity index is 1.83. The molecule has 5 nitrogen and oxygen atoms in total. The number of ether oxygens (including phenoxy) is 1. The third kappa shape index (κ3) is 3.07. The van der Waals surface area contributed by atoms with Gasteiger partial charge in [-0.05, 0) is 29.0 Å². The number of fused-ring (bicyclic) bond motifs is 5. The highest BCUT2D eigenvalue weighted by molar-refractivity contribution is 5.88. The van der Waals surface area contributed by atoms with Crippen LogP contribution >= 0.6 is 0 Å².